The van der Waals surface area contributed by atoms with E-state index in [0.717, 1.165) is 19.4 Å². The molecule has 0 aromatic carbocycles. The smallest absolute Gasteiger partial charge is 0.0704 e. The van der Waals surface area contributed by atoms with Gasteiger partial charge in [-0.2, -0.15) is 0 Å². The van der Waals surface area contributed by atoms with E-state index in [-0.39, 0.29) is 6.10 Å². The van der Waals surface area contributed by atoms with Gasteiger partial charge in [0.1, 0.15) is 0 Å². The topological polar surface area (TPSA) is 44.5 Å². The molecule has 12 heavy (non-hydrogen) atoms. The fourth-order valence-electron chi connectivity index (χ4n) is 1.01. The zero-order valence-corrected chi connectivity index (χ0v) is 8.21. The van der Waals surface area contributed by atoms with Crippen molar-refractivity contribution in [1.29, 1.82) is 0 Å². The van der Waals surface area contributed by atoms with Crippen LogP contribution >= 0.6 is 0 Å². The van der Waals surface area contributed by atoms with Crippen molar-refractivity contribution >= 4 is 0 Å². The quantitative estimate of drug-likeness (QED) is 0.563. The van der Waals surface area contributed by atoms with Gasteiger partial charge in [-0.3, -0.25) is 0 Å². The van der Waals surface area contributed by atoms with Crippen LogP contribution in [0.4, 0.5) is 0 Å². The van der Waals surface area contributed by atoms with E-state index in [4.69, 9.17) is 15.2 Å². The van der Waals surface area contributed by atoms with Crippen LogP contribution in [0.2, 0.25) is 0 Å². The highest BCUT2D eigenvalue weighted by molar-refractivity contribution is 4.56. The standard InChI is InChI=1S/C9H21NO2/c1-3-5-9(8-10)12-7-6-11-4-2/h9H,3-8,10H2,1-2H3. The minimum atomic E-state index is 0.218. The fourth-order valence-corrected chi connectivity index (χ4v) is 1.01. The van der Waals surface area contributed by atoms with Crippen LogP contribution in [0, 0.1) is 0 Å². The lowest BCUT2D eigenvalue weighted by molar-refractivity contribution is 0.00777. The number of hydrogen-bond donors (Lipinski definition) is 1. The molecule has 2 N–H and O–H groups in total. The average molecular weight is 175 g/mol. The van der Waals surface area contributed by atoms with Crippen LogP contribution in [-0.4, -0.2) is 32.5 Å². The summed E-state index contributed by atoms with van der Waals surface area (Å²) in [6, 6.07) is 0. The molecule has 0 amide bonds. The van der Waals surface area contributed by atoms with Crippen LogP contribution in [0.5, 0.6) is 0 Å². The van der Waals surface area contributed by atoms with E-state index in [0.29, 0.717) is 19.8 Å². The summed E-state index contributed by atoms with van der Waals surface area (Å²) in [6.45, 7) is 6.82. The highest BCUT2D eigenvalue weighted by Crippen LogP contribution is 1.99. The lowest BCUT2D eigenvalue weighted by Gasteiger charge is -2.14. The average Bonchev–Trinajstić information content (AvgIpc) is 2.10. The first kappa shape index (κ1) is 11.9. The Morgan fingerprint density at radius 2 is 2.00 bits per heavy atom. The molecule has 1 unspecified atom stereocenters. The molecule has 0 fully saturated rings. The molecule has 0 aliphatic rings. The first-order valence-corrected chi connectivity index (χ1v) is 4.74. The second-order valence-corrected chi connectivity index (χ2v) is 2.71. The van der Waals surface area contributed by atoms with Crippen molar-refractivity contribution in [3.05, 3.63) is 0 Å². The minimum absolute atomic E-state index is 0.218. The molecule has 0 heterocycles. The number of ether oxygens (including phenoxy) is 2. The lowest BCUT2D eigenvalue weighted by Crippen LogP contribution is -2.25. The molecule has 3 heteroatoms. The summed E-state index contributed by atoms with van der Waals surface area (Å²) in [5.41, 5.74) is 5.51. The molecule has 0 saturated carbocycles. The Kier molecular flexibility index (Phi) is 8.88. The maximum atomic E-state index is 5.51. The maximum Gasteiger partial charge on any atom is 0.0704 e. The summed E-state index contributed by atoms with van der Waals surface area (Å²) in [7, 11) is 0. The Hall–Kier alpha value is -0.120. The number of nitrogens with two attached hydrogens (primary N) is 1. The van der Waals surface area contributed by atoms with Crippen LogP contribution in [-0.2, 0) is 9.47 Å². The molecule has 0 aromatic rings. The van der Waals surface area contributed by atoms with Crippen molar-refractivity contribution in [2.24, 2.45) is 5.73 Å². The van der Waals surface area contributed by atoms with Gasteiger partial charge in [-0.25, -0.2) is 0 Å². The summed E-state index contributed by atoms with van der Waals surface area (Å²) >= 11 is 0. The zero-order chi connectivity index (χ0) is 9.23. The van der Waals surface area contributed by atoms with E-state index in [2.05, 4.69) is 6.92 Å². The maximum absolute atomic E-state index is 5.51. The Morgan fingerprint density at radius 1 is 1.25 bits per heavy atom. The second kappa shape index (κ2) is 8.97. The summed E-state index contributed by atoms with van der Waals surface area (Å²) in [5.74, 6) is 0. The molecule has 0 radical (unpaired) electrons. The van der Waals surface area contributed by atoms with Gasteiger partial charge in [0.05, 0.1) is 19.3 Å². The molecule has 0 bridgehead atoms. The molecular weight excluding hydrogens is 154 g/mol. The summed E-state index contributed by atoms with van der Waals surface area (Å²) in [6.07, 6.45) is 2.38. The van der Waals surface area contributed by atoms with Crippen molar-refractivity contribution in [2.45, 2.75) is 32.8 Å². The van der Waals surface area contributed by atoms with Crippen LogP contribution in [0.1, 0.15) is 26.7 Å². The Balaban J connectivity index is 3.19. The minimum Gasteiger partial charge on any atom is -0.379 e. The second-order valence-electron chi connectivity index (χ2n) is 2.71. The van der Waals surface area contributed by atoms with E-state index in [9.17, 15) is 0 Å². The van der Waals surface area contributed by atoms with E-state index in [1.165, 1.54) is 0 Å². The van der Waals surface area contributed by atoms with Crippen molar-refractivity contribution in [3.8, 4) is 0 Å². The first-order valence-electron chi connectivity index (χ1n) is 4.74. The number of rotatable bonds is 8. The SMILES string of the molecule is CCCC(CN)OCCOCC. The van der Waals surface area contributed by atoms with Crippen LogP contribution < -0.4 is 5.73 Å². The van der Waals surface area contributed by atoms with E-state index in [1.807, 2.05) is 6.92 Å². The largest absolute Gasteiger partial charge is 0.379 e. The Labute approximate surface area is 75.2 Å². The van der Waals surface area contributed by atoms with Gasteiger partial charge in [0.15, 0.2) is 0 Å². The summed E-state index contributed by atoms with van der Waals surface area (Å²) < 4.78 is 10.6. The molecule has 74 valence electrons. The molecule has 0 aliphatic heterocycles. The van der Waals surface area contributed by atoms with Gasteiger partial charge in [-0.05, 0) is 13.3 Å². The monoisotopic (exact) mass is 175 g/mol. The van der Waals surface area contributed by atoms with Crippen molar-refractivity contribution in [3.63, 3.8) is 0 Å². The van der Waals surface area contributed by atoms with Gasteiger partial charge in [0.25, 0.3) is 0 Å². The molecule has 0 spiro atoms. The van der Waals surface area contributed by atoms with Gasteiger partial charge in [0.2, 0.25) is 0 Å². The van der Waals surface area contributed by atoms with E-state index < -0.39 is 0 Å². The highest BCUT2D eigenvalue weighted by atomic mass is 16.5. The summed E-state index contributed by atoms with van der Waals surface area (Å²) in [4.78, 5) is 0. The van der Waals surface area contributed by atoms with Crippen molar-refractivity contribution in [2.75, 3.05) is 26.4 Å². The molecule has 3 nitrogen and oxygen atoms in total. The van der Waals surface area contributed by atoms with Gasteiger partial charge >= 0.3 is 0 Å². The van der Waals surface area contributed by atoms with Crippen molar-refractivity contribution in [1.82, 2.24) is 0 Å². The van der Waals surface area contributed by atoms with Crippen LogP contribution in [0.3, 0.4) is 0 Å². The van der Waals surface area contributed by atoms with Gasteiger partial charge in [-0.1, -0.05) is 13.3 Å². The third-order valence-electron chi connectivity index (χ3n) is 1.66. The molecule has 0 aromatic heterocycles. The zero-order valence-electron chi connectivity index (χ0n) is 8.21. The number of hydrogen-bond acceptors (Lipinski definition) is 3. The third-order valence-corrected chi connectivity index (χ3v) is 1.66. The first-order chi connectivity index (χ1) is 5.85. The molecular formula is C9H21NO2. The molecule has 0 rings (SSSR count). The third kappa shape index (κ3) is 6.58. The predicted molar refractivity (Wildman–Crippen MR) is 50.2 cm³/mol. The molecule has 1 atom stereocenters. The van der Waals surface area contributed by atoms with Gasteiger partial charge < -0.3 is 15.2 Å². The van der Waals surface area contributed by atoms with Crippen LogP contribution in [0.25, 0.3) is 0 Å². The predicted octanol–water partition coefficient (Wildman–Crippen LogP) is 1.17. The van der Waals surface area contributed by atoms with Crippen molar-refractivity contribution < 1.29 is 9.47 Å². The Morgan fingerprint density at radius 3 is 2.50 bits per heavy atom. The molecule has 0 aliphatic carbocycles. The van der Waals surface area contributed by atoms with E-state index in [1.54, 1.807) is 0 Å². The lowest BCUT2D eigenvalue weighted by atomic mass is 10.2. The summed E-state index contributed by atoms with van der Waals surface area (Å²) in [5, 5.41) is 0. The fraction of sp³-hybridized carbons (Fsp3) is 1.00. The Bertz CT molecular complexity index is 88.6. The molecule has 0 saturated heterocycles. The normalized spacial score (nSPS) is 13.2. The van der Waals surface area contributed by atoms with E-state index >= 15 is 0 Å². The van der Waals surface area contributed by atoms with Gasteiger partial charge in [-0.15, -0.1) is 0 Å². The van der Waals surface area contributed by atoms with Crippen LogP contribution in [0.15, 0.2) is 0 Å². The van der Waals surface area contributed by atoms with Gasteiger partial charge in [0, 0.05) is 13.2 Å². The highest BCUT2D eigenvalue weighted by Gasteiger charge is 2.03.